The van der Waals surface area contributed by atoms with Gasteiger partial charge < -0.3 is 10.2 Å². The van der Waals surface area contributed by atoms with Crippen LogP contribution in [0.1, 0.15) is 22.8 Å². The van der Waals surface area contributed by atoms with E-state index in [0.29, 0.717) is 0 Å². The van der Waals surface area contributed by atoms with Crippen LogP contribution in [0, 0.1) is 10.1 Å². The Morgan fingerprint density at radius 2 is 2.13 bits per heavy atom. The average molecular weight is 211 g/mol. The molecule has 0 aliphatic carbocycles. The summed E-state index contributed by atoms with van der Waals surface area (Å²) in [5.41, 5.74) is -0.544. The van der Waals surface area contributed by atoms with E-state index < -0.39 is 16.6 Å². The zero-order chi connectivity index (χ0) is 11.6. The van der Waals surface area contributed by atoms with E-state index in [-0.39, 0.29) is 23.2 Å². The second-order valence-corrected chi connectivity index (χ2v) is 2.88. The number of carbonyl (C=O) groups is 1. The lowest BCUT2D eigenvalue weighted by atomic mass is 10.0. The van der Waals surface area contributed by atoms with Crippen molar-refractivity contribution in [1.82, 2.24) is 0 Å². The van der Waals surface area contributed by atoms with Crippen molar-refractivity contribution >= 4 is 11.7 Å². The van der Waals surface area contributed by atoms with Crippen molar-refractivity contribution in [2.45, 2.75) is 13.3 Å². The van der Waals surface area contributed by atoms with Crippen LogP contribution in [0.3, 0.4) is 0 Å². The molecule has 0 radical (unpaired) electrons. The molecule has 1 aromatic rings. The molecule has 0 aliphatic rings. The van der Waals surface area contributed by atoms with E-state index >= 15 is 0 Å². The maximum atomic E-state index is 10.6. The quantitative estimate of drug-likeness (QED) is 0.583. The molecule has 1 aromatic carbocycles. The predicted octanol–water partition coefficient (Wildman–Crippen LogP) is 1.56. The number of nitro groups is 1. The highest BCUT2D eigenvalue weighted by atomic mass is 16.6. The van der Waals surface area contributed by atoms with Crippen LogP contribution in [0.15, 0.2) is 12.1 Å². The van der Waals surface area contributed by atoms with Crippen LogP contribution in [0.2, 0.25) is 0 Å². The lowest BCUT2D eigenvalue weighted by molar-refractivity contribution is -0.385. The molecule has 0 saturated heterocycles. The third-order valence-corrected chi connectivity index (χ3v) is 2.04. The third-order valence-electron chi connectivity index (χ3n) is 2.04. The highest BCUT2D eigenvalue weighted by Crippen LogP contribution is 2.31. The highest BCUT2D eigenvalue weighted by Gasteiger charge is 2.21. The predicted molar refractivity (Wildman–Crippen MR) is 51.1 cm³/mol. The molecule has 15 heavy (non-hydrogen) atoms. The van der Waals surface area contributed by atoms with Gasteiger partial charge in [0.25, 0.3) is 5.69 Å². The van der Waals surface area contributed by atoms with Crippen LogP contribution < -0.4 is 0 Å². The maximum Gasteiger partial charge on any atom is 0.339 e. The van der Waals surface area contributed by atoms with Gasteiger partial charge >= 0.3 is 5.97 Å². The molecular weight excluding hydrogens is 202 g/mol. The van der Waals surface area contributed by atoms with Crippen molar-refractivity contribution in [3.8, 4) is 5.75 Å². The van der Waals surface area contributed by atoms with Crippen molar-refractivity contribution in [3.63, 3.8) is 0 Å². The molecule has 6 nitrogen and oxygen atoms in total. The normalized spacial score (nSPS) is 9.93. The van der Waals surface area contributed by atoms with Gasteiger partial charge in [-0.15, -0.1) is 0 Å². The minimum atomic E-state index is -1.31. The molecule has 0 unspecified atom stereocenters. The largest absolute Gasteiger partial charge is 0.506 e. The fourth-order valence-corrected chi connectivity index (χ4v) is 1.32. The Hall–Kier alpha value is -2.11. The van der Waals surface area contributed by atoms with E-state index in [1.54, 1.807) is 6.92 Å². The monoisotopic (exact) mass is 211 g/mol. The molecule has 0 saturated carbocycles. The summed E-state index contributed by atoms with van der Waals surface area (Å²) in [5, 5.41) is 28.7. The molecule has 6 heteroatoms. The molecular formula is C9H9NO5. The number of nitrogens with zero attached hydrogens (tertiary/aromatic N) is 1. The molecule has 0 atom stereocenters. The van der Waals surface area contributed by atoms with E-state index in [9.17, 15) is 20.0 Å². The van der Waals surface area contributed by atoms with Crippen molar-refractivity contribution in [1.29, 1.82) is 0 Å². The first kappa shape index (κ1) is 11.0. The molecule has 0 bridgehead atoms. The van der Waals surface area contributed by atoms with Gasteiger partial charge in [0.1, 0.15) is 11.3 Å². The van der Waals surface area contributed by atoms with Crippen molar-refractivity contribution in [3.05, 3.63) is 33.4 Å². The minimum Gasteiger partial charge on any atom is -0.506 e. The van der Waals surface area contributed by atoms with Gasteiger partial charge in [-0.25, -0.2) is 4.79 Å². The van der Waals surface area contributed by atoms with Crippen molar-refractivity contribution < 1.29 is 19.9 Å². The molecule has 2 N–H and O–H groups in total. The Morgan fingerprint density at radius 1 is 1.53 bits per heavy atom. The summed E-state index contributed by atoms with van der Waals surface area (Å²) < 4.78 is 0. The zero-order valence-corrected chi connectivity index (χ0v) is 7.93. The minimum absolute atomic E-state index is 0.0416. The number of hydrogen-bond donors (Lipinski definition) is 2. The number of aromatic hydroxyl groups is 1. The summed E-state index contributed by atoms with van der Waals surface area (Å²) in [7, 11) is 0. The Bertz CT molecular complexity index is 427. The first-order valence-corrected chi connectivity index (χ1v) is 4.21. The summed E-state index contributed by atoms with van der Waals surface area (Å²) in [6, 6.07) is 2.11. The molecule has 0 spiro atoms. The number of carboxylic acid groups (broad SMARTS) is 1. The maximum absolute atomic E-state index is 10.6. The molecule has 80 valence electrons. The second kappa shape index (κ2) is 3.95. The Morgan fingerprint density at radius 3 is 2.53 bits per heavy atom. The van der Waals surface area contributed by atoms with E-state index in [1.807, 2.05) is 0 Å². The van der Waals surface area contributed by atoms with Gasteiger partial charge in [-0.2, -0.15) is 0 Å². The first-order chi connectivity index (χ1) is 6.99. The SMILES string of the molecule is CCc1c([N+](=O)[O-])ccc(C(=O)O)c1O. The van der Waals surface area contributed by atoms with Crippen LogP contribution >= 0.6 is 0 Å². The number of nitro benzene ring substituents is 1. The summed E-state index contributed by atoms with van der Waals surface area (Å²) in [6.45, 7) is 1.60. The Balaban J connectivity index is 3.45. The standard InChI is InChI=1S/C9H9NO5/c1-2-5-7(10(14)15)4-3-6(8(5)11)9(12)13/h3-4,11H,2H2,1H3,(H,12,13). The molecule has 0 aliphatic heterocycles. The highest BCUT2D eigenvalue weighted by molar-refractivity contribution is 5.92. The van der Waals surface area contributed by atoms with Crippen LogP contribution in [0.4, 0.5) is 5.69 Å². The number of phenols is 1. The molecule has 0 aromatic heterocycles. The number of rotatable bonds is 3. The number of benzene rings is 1. The third kappa shape index (κ3) is 1.88. The summed E-state index contributed by atoms with van der Waals surface area (Å²) in [6.07, 6.45) is 0.198. The Labute approximate surface area is 84.9 Å². The van der Waals surface area contributed by atoms with Crippen LogP contribution in [0.5, 0.6) is 5.75 Å². The van der Waals surface area contributed by atoms with Crippen LogP contribution in [-0.2, 0) is 6.42 Å². The lowest BCUT2D eigenvalue weighted by Gasteiger charge is -2.05. The van der Waals surface area contributed by atoms with Gasteiger partial charge in [0.05, 0.1) is 10.5 Å². The Kier molecular flexibility index (Phi) is 2.89. The summed E-state index contributed by atoms with van der Waals surface area (Å²) in [5.74, 6) is -1.84. The number of hydrogen-bond acceptors (Lipinski definition) is 4. The first-order valence-electron chi connectivity index (χ1n) is 4.21. The van der Waals surface area contributed by atoms with Gasteiger partial charge in [-0.1, -0.05) is 6.92 Å². The van der Waals surface area contributed by atoms with E-state index in [2.05, 4.69) is 0 Å². The second-order valence-electron chi connectivity index (χ2n) is 2.88. The zero-order valence-electron chi connectivity index (χ0n) is 7.93. The van der Waals surface area contributed by atoms with Crippen LogP contribution in [0.25, 0.3) is 0 Å². The number of aromatic carboxylic acids is 1. The van der Waals surface area contributed by atoms with E-state index in [4.69, 9.17) is 5.11 Å². The smallest absolute Gasteiger partial charge is 0.339 e. The topological polar surface area (TPSA) is 101 Å². The van der Waals surface area contributed by atoms with Crippen molar-refractivity contribution in [2.75, 3.05) is 0 Å². The van der Waals surface area contributed by atoms with E-state index in [0.717, 1.165) is 12.1 Å². The number of carboxylic acids is 1. The van der Waals surface area contributed by atoms with E-state index in [1.165, 1.54) is 0 Å². The molecule has 0 heterocycles. The molecule has 0 amide bonds. The summed E-state index contributed by atoms with van der Waals surface area (Å²) >= 11 is 0. The van der Waals surface area contributed by atoms with Gasteiger partial charge in [-0.3, -0.25) is 10.1 Å². The molecule has 1 rings (SSSR count). The van der Waals surface area contributed by atoms with Crippen molar-refractivity contribution in [2.24, 2.45) is 0 Å². The van der Waals surface area contributed by atoms with Gasteiger partial charge in [-0.05, 0) is 12.5 Å². The van der Waals surface area contributed by atoms with Crippen LogP contribution in [-0.4, -0.2) is 21.1 Å². The fraction of sp³-hybridized carbons (Fsp3) is 0.222. The van der Waals surface area contributed by atoms with Gasteiger partial charge in [0.15, 0.2) is 0 Å². The fourth-order valence-electron chi connectivity index (χ4n) is 1.32. The van der Waals surface area contributed by atoms with Gasteiger partial charge in [0.2, 0.25) is 0 Å². The summed E-state index contributed by atoms with van der Waals surface area (Å²) in [4.78, 5) is 20.6. The lowest BCUT2D eigenvalue weighted by Crippen LogP contribution is -2.02. The van der Waals surface area contributed by atoms with Gasteiger partial charge in [0, 0.05) is 6.07 Å². The molecule has 0 fully saturated rings. The average Bonchev–Trinajstić information content (AvgIpc) is 2.16.